The third kappa shape index (κ3) is 5.62. The number of hydrogen-bond acceptors (Lipinski definition) is 7. The number of aromatic nitrogens is 2. The van der Waals surface area contributed by atoms with Gasteiger partial charge < -0.3 is 4.74 Å². The van der Waals surface area contributed by atoms with Crippen LogP contribution >= 0.6 is 22.6 Å². The molecule has 0 unspecified atom stereocenters. The number of aryl methyl sites for hydroxylation is 2. The van der Waals surface area contributed by atoms with Crippen molar-refractivity contribution in [2.45, 2.75) is 23.6 Å². The molecule has 0 saturated carbocycles. The molecule has 1 heterocycles. The van der Waals surface area contributed by atoms with Gasteiger partial charge in [0.1, 0.15) is 5.75 Å². The van der Waals surface area contributed by atoms with E-state index in [0.29, 0.717) is 20.7 Å². The first kappa shape index (κ1) is 23.2. The Morgan fingerprint density at radius 1 is 0.806 bits per heavy atom. The van der Waals surface area contributed by atoms with E-state index < -0.39 is 20.0 Å². The molecule has 31 heavy (non-hydrogen) atoms. The summed E-state index contributed by atoms with van der Waals surface area (Å²) in [4.78, 5) is 8.12. The van der Waals surface area contributed by atoms with E-state index in [4.69, 9.17) is 4.74 Å². The van der Waals surface area contributed by atoms with Gasteiger partial charge in [0.25, 0.3) is 20.0 Å². The fourth-order valence-electron chi connectivity index (χ4n) is 2.68. The average molecular weight is 574 g/mol. The van der Waals surface area contributed by atoms with E-state index >= 15 is 0 Å². The number of sulfonamides is 2. The molecule has 12 heteroatoms. The molecule has 3 aromatic rings. The van der Waals surface area contributed by atoms with Gasteiger partial charge in [0.15, 0.2) is 0 Å². The fourth-order valence-corrected chi connectivity index (χ4v) is 5.66. The maximum Gasteiger partial charge on any atom is 0.264 e. The molecule has 0 aliphatic carbocycles. The summed E-state index contributed by atoms with van der Waals surface area (Å²) in [5.41, 5.74) is 1.47. The smallest absolute Gasteiger partial charge is 0.264 e. The molecule has 0 aliphatic heterocycles. The average Bonchev–Trinajstić information content (AvgIpc) is 2.67. The number of nitrogens with one attached hydrogen (secondary N) is 2. The second-order valence-electron chi connectivity index (χ2n) is 6.51. The Morgan fingerprint density at radius 3 is 1.90 bits per heavy atom. The van der Waals surface area contributed by atoms with Gasteiger partial charge in [0.05, 0.1) is 20.5 Å². The first-order chi connectivity index (χ1) is 14.5. The molecule has 0 atom stereocenters. The zero-order valence-corrected chi connectivity index (χ0v) is 20.5. The summed E-state index contributed by atoms with van der Waals surface area (Å²) < 4.78 is 61.0. The molecule has 2 N–H and O–H groups in total. The minimum absolute atomic E-state index is 0.0311. The number of rotatable bonds is 7. The van der Waals surface area contributed by atoms with Crippen molar-refractivity contribution in [3.05, 3.63) is 63.5 Å². The van der Waals surface area contributed by atoms with Crippen LogP contribution in [0, 0.1) is 17.4 Å². The summed E-state index contributed by atoms with van der Waals surface area (Å²) in [6, 6.07) is 11.5. The van der Waals surface area contributed by atoms with E-state index in [0.717, 1.165) is 0 Å². The molecule has 9 nitrogen and oxygen atoms in total. The summed E-state index contributed by atoms with van der Waals surface area (Å²) in [5.74, 6) is 0.533. The summed E-state index contributed by atoms with van der Waals surface area (Å²) in [6.45, 7) is 3.47. The van der Waals surface area contributed by atoms with Crippen molar-refractivity contribution < 1.29 is 21.6 Å². The first-order valence-electron chi connectivity index (χ1n) is 8.82. The normalized spacial score (nSPS) is 11.7. The zero-order chi connectivity index (χ0) is 22.8. The third-order valence-corrected chi connectivity index (χ3v) is 7.62. The molecule has 2 aromatic carbocycles. The Bertz CT molecular complexity index is 1310. The lowest BCUT2D eigenvalue weighted by molar-refractivity contribution is 0.411. The number of ether oxygens (including phenoxy) is 1. The van der Waals surface area contributed by atoms with Gasteiger partial charge in [-0.1, -0.05) is 0 Å². The van der Waals surface area contributed by atoms with Crippen LogP contribution in [0.4, 0.5) is 11.6 Å². The van der Waals surface area contributed by atoms with Crippen LogP contribution in [0.1, 0.15) is 11.4 Å². The van der Waals surface area contributed by atoms with Crippen LogP contribution in [0.25, 0.3) is 0 Å². The van der Waals surface area contributed by atoms with Crippen molar-refractivity contribution in [2.24, 2.45) is 0 Å². The lowest BCUT2D eigenvalue weighted by atomic mass is 10.3. The van der Waals surface area contributed by atoms with Crippen molar-refractivity contribution >= 4 is 54.3 Å². The van der Waals surface area contributed by atoms with Crippen LogP contribution in [-0.4, -0.2) is 33.9 Å². The number of benzene rings is 2. The molecule has 0 amide bonds. The van der Waals surface area contributed by atoms with Crippen molar-refractivity contribution in [3.8, 4) is 5.75 Å². The van der Waals surface area contributed by atoms with E-state index in [-0.39, 0.29) is 21.4 Å². The zero-order valence-electron chi connectivity index (χ0n) is 16.7. The first-order valence-corrected chi connectivity index (χ1v) is 12.9. The third-order valence-electron chi connectivity index (χ3n) is 4.06. The number of halogens is 1. The Labute approximate surface area is 194 Å². The Kier molecular flexibility index (Phi) is 6.71. The van der Waals surface area contributed by atoms with Gasteiger partial charge in [0.2, 0.25) is 5.95 Å². The van der Waals surface area contributed by atoms with Crippen LogP contribution in [0.15, 0.2) is 58.3 Å². The van der Waals surface area contributed by atoms with Gasteiger partial charge in [-0.05, 0) is 85.0 Å². The standard InChI is InChI=1S/C19H19IN4O5S2/c1-12-10-13(2)22-19(21-12)24-30(25,26)15-6-4-14(5-7-15)23-31(27,28)16-8-9-18(29-3)17(20)11-16/h4-11,23H,1-3H3,(H,21,22,24). The predicted molar refractivity (Wildman–Crippen MR) is 125 cm³/mol. The van der Waals surface area contributed by atoms with Crippen LogP contribution in [0.3, 0.4) is 0 Å². The van der Waals surface area contributed by atoms with E-state index in [1.54, 1.807) is 26.0 Å². The van der Waals surface area contributed by atoms with E-state index in [2.05, 4.69) is 19.4 Å². The predicted octanol–water partition coefficient (Wildman–Crippen LogP) is 3.31. The molecular formula is C19H19IN4O5S2. The highest BCUT2D eigenvalue weighted by atomic mass is 127. The van der Waals surface area contributed by atoms with Crippen molar-refractivity contribution in [1.29, 1.82) is 0 Å². The highest BCUT2D eigenvalue weighted by Crippen LogP contribution is 2.25. The van der Waals surface area contributed by atoms with Crippen LogP contribution in [0.5, 0.6) is 5.75 Å². The molecule has 0 radical (unpaired) electrons. The maximum atomic E-state index is 12.6. The molecule has 0 aliphatic rings. The van der Waals surface area contributed by atoms with Gasteiger partial charge in [-0.2, -0.15) is 0 Å². The highest BCUT2D eigenvalue weighted by molar-refractivity contribution is 14.1. The summed E-state index contributed by atoms with van der Waals surface area (Å²) in [6.07, 6.45) is 0. The van der Waals surface area contributed by atoms with Crippen LogP contribution in [-0.2, 0) is 20.0 Å². The number of nitrogens with zero attached hydrogens (tertiary/aromatic N) is 2. The number of methoxy groups -OCH3 is 1. The van der Waals surface area contributed by atoms with E-state index in [1.165, 1.54) is 43.5 Å². The Hall–Kier alpha value is -2.45. The number of anilines is 2. The molecule has 164 valence electrons. The SMILES string of the molecule is COc1ccc(S(=O)(=O)Nc2ccc(S(=O)(=O)Nc3nc(C)cc(C)n3)cc2)cc1I. The largest absolute Gasteiger partial charge is 0.496 e. The molecule has 0 saturated heterocycles. The Balaban J connectivity index is 1.80. The van der Waals surface area contributed by atoms with Gasteiger partial charge in [-0.15, -0.1) is 0 Å². The fraction of sp³-hybridized carbons (Fsp3) is 0.158. The van der Waals surface area contributed by atoms with Crippen LogP contribution in [0.2, 0.25) is 0 Å². The quantitative estimate of drug-likeness (QED) is 0.415. The highest BCUT2D eigenvalue weighted by Gasteiger charge is 2.19. The molecule has 3 rings (SSSR count). The minimum Gasteiger partial charge on any atom is -0.496 e. The number of hydrogen-bond donors (Lipinski definition) is 2. The summed E-state index contributed by atoms with van der Waals surface area (Å²) >= 11 is 1.98. The van der Waals surface area contributed by atoms with Crippen molar-refractivity contribution in [2.75, 3.05) is 16.6 Å². The van der Waals surface area contributed by atoms with Crippen molar-refractivity contribution in [3.63, 3.8) is 0 Å². The lowest BCUT2D eigenvalue weighted by Crippen LogP contribution is -2.16. The van der Waals surface area contributed by atoms with Crippen LogP contribution < -0.4 is 14.2 Å². The molecule has 0 fully saturated rings. The summed E-state index contributed by atoms with van der Waals surface area (Å²) in [5, 5.41) is 0. The van der Waals surface area contributed by atoms with Crippen molar-refractivity contribution in [1.82, 2.24) is 9.97 Å². The van der Waals surface area contributed by atoms with Gasteiger partial charge >= 0.3 is 0 Å². The van der Waals surface area contributed by atoms with Gasteiger partial charge in [-0.25, -0.2) is 31.5 Å². The second kappa shape index (κ2) is 8.96. The van der Waals surface area contributed by atoms with Gasteiger partial charge in [-0.3, -0.25) is 4.72 Å². The van der Waals surface area contributed by atoms with Gasteiger partial charge in [0, 0.05) is 17.1 Å². The minimum atomic E-state index is -3.94. The molecule has 1 aromatic heterocycles. The topological polar surface area (TPSA) is 127 Å². The lowest BCUT2D eigenvalue weighted by Gasteiger charge is -2.11. The summed E-state index contributed by atoms with van der Waals surface area (Å²) in [7, 11) is -6.30. The Morgan fingerprint density at radius 2 is 1.35 bits per heavy atom. The molecule has 0 bridgehead atoms. The van der Waals surface area contributed by atoms with E-state index in [9.17, 15) is 16.8 Å². The van der Waals surface area contributed by atoms with E-state index in [1.807, 2.05) is 22.6 Å². The molecular weight excluding hydrogens is 555 g/mol. The monoisotopic (exact) mass is 574 g/mol. The second-order valence-corrected chi connectivity index (χ2v) is 11.0. The molecule has 0 spiro atoms. The maximum absolute atomic E-state index is 12.6.